The first-order valence-electron chi connectivity index (χ1n) is 6.04. The Labute approximate surface area is 104 Å². The molecule has 0 aliphatic carbocycles. The van der Waals surface area contributed by atoms with Gasteiger partial charge in [0, 0.05) is 0 Å². The first-order valence-corrected chi connectivity index (χ1v) is 8.95. The van der Waals surface area contributed by atoms with Gasteiger partial charge in [-0.05, 0) is 25.1 Å². The summed E-state index contributed by atoms with van der Waals surface area (Å²) in [7, 11) is -1.89. The first kappa shape index (κ1) is 14.4. The summed E-state index contributed by atoms with van der Waals surface area (Å²) in [4.78, 5) is 22.8. The highest BCUT2D eigenvalue weighted by Gasteiger charge is 2.42. The number of carbonyl (C=O) groups excluding carboxylic acids is 2. The Balaban J connectivity index is 2.70. The van der Waals surface area contributed by atoms with Crippen molar-refractivity contribution in [3.05, 3.63) is 0 Å². The van der Waals surface area contributed by atoms with Crippen molar-refractivity contribution in [1.29, 1.82) is 0 Å². The van der Waals surface area contributed by atoms with E-state index in [0.29, 0.717) is 0 Å². The molecular formula is C12H23NO3Si. The maximum absolute atomic E-state index is 11.6. The Morgan fingerprint density at radius 1 is 1.35 bits per heavy atom. The number of Topliss-reactive ketones (excluding diaryl/α,β-unsaturated/α-hetero) is 1. The van der Waals surface area contributed by atoms with Crippen molar-refractivity contribution in [2.75, 3.05) is 0 Å². The summed E-state index contributed by atoms with van der Waals surface area (Å²) >= 11 is 0. The molecule has 0 spiro atoms. The zero-order valence-corrected chi connectivity index (χ0v) is 12.6. The van der Waals surface area contributed by atoms with Crippen LogP contribution in [0.5, 0.6) is 0 Å². The van der Waals surface area contributed by atoms with Gasteiger partial charge >= 0.3 is 0 Å². The summed E-state index contributed by atoms with van der Waals surface area (Å²) in [6.45, 7) is 12.6. The number of amides is 1. The van der Waals surface area contributed by atoms with Gasteiger partial charge in [0.15, 0.2) is 14.1 Å². The molecular weight excluding hydrogens is 234 g/mol. The number of hydrogen-bond acceptors (Lipinski definition) is 3. The molecule has 4 nitrogen and oxygen atoms in total. The van der Waals surface area contributed by atoms with Crippen LogP contribution in [0.25, 0.3) is 0 Å². The van der Waals surface area contributed by atoms with Crippen LogP contribution in [-0.2, 0) is 14.0 Å². The average Bonchev–Trinajstić information content (AvgIpc) is 2.42. The van der Waals surface area contributed by atoms with E-state index in [4.69, 9.17) is 4.43 Å². The van der Waals surface area contributed by atoms with Gasteiger partial charge in [0.05, 0.1) is 12.5 Å². The summed E-state index contributed by atoms with van der Waals surface area (Å²) in [5.41, 5.74) is 0. The summed E-state index contributed by atoms with van der Waals surface area (Å²) in [6, 6.07) is -0.461. The lowest BCUT2D eigenvalue weighted by Gasteiger charge is -2.39. The van der Waals surface area contributed by atoms with E-state index < -0.39 is 14.4 Å². The zero-order valence-electron chi connectivity index (χ0n) is 11.6. The van der Waals surface area contributed by atoms with Gasteiger partial charge < -0.3 is 9.74 Å². The van der Waals surface area contributed by atoms with Crippen molar-refractivity contribution < 1.29 is 14.0 Å². The summed E-state index contributed by atoms with van der Waals surface area (Å²) in [6.07, 6.45) is -0.245. The van der Waals surface area contributed by atoms with Gasteiger partial charge in [-0.25, -0.2) is 0 Å². The summed E-state index contributed by atoms with van der Waals surface area (Å²) in [5, 5.41) is 2.79. The molecule has 1 N–H and O–H groups in total. The highest BCUT2D eigenvalue weighted by molar-refractivity contribution is 6.74. The maximum Gasteiger partial charge on any atom is 0.228 e. The SMILES string of the molecule is C[C@@H](O[Si](C)(C)C(C)(C)C)[C@H]1NC(=O)CC1=O. The van der Waals surface area contributed by atoms with Gasteiger partial charge in [-0.1, -0.05) is 20.8 Å². The highest BCUT2D eigenvalue weighted by atomic mass is 28.4. The van der Waals surface area contributed by atoms with Gasteiger partial charge in [0.25, 0.3) is 0 Å². The maximum atomic E-state index is 11.6. The Morgan fingerprint density at radius 2 is 1.88 bits per heavy atom. The van der Waals surface area contributed by atoms with Gasteiger partial charge in [0.2, 0.25) is 5.91 Å². The molecule has 0 bridgehead atoms. The number of rotatable bonds is 3. The van der Waals surface area contributed by atoms with Crippen LogP contribution in [0.4, 0.5) is 0 Å². The van der Waals surface area contributed by atoms with Crippen LogP contribution >= 0.6 is 0 Å². The molecule has 1 aliphatic heterocycles. The predicted octanol–water partition coefficient (Wildman–Crippen LogP) is 1.85. The number of hydrogen-bond donors (Lipinski definition) is 1. The summed E-state index contributed by atoms with van der Waals surface area (Å²) < 4.78 is 6.11. The fraction of sp³-hybridized carbons (Fsp3) is 0.833. The Kier molecular flexibility index (Phi) is 3.83. The van der Waals surface area contributed by atoms with Crippen LogP contribution in [0.3, 0.4) is 0 Å². The second-order valence-electron chi connectivity index (χ2n) is 6.27. The second kappa shape index (κ2) is 4.53. The third-order valence-corrected chi connectivity index (χ3v) is 8.33. The van der Waals surface area contributed by atoms with E-state index in [1.807, 2.05) is 6.92 Å². The van der Waals surface area contributed by atoms with E-state index in [1.54, 1.807) is 0 Å². The molecule has 1 saturated heterocycles. The Hall–Kier alpha value is -0.683. The summed E-state index contributed by atoms with van der Waals surface area (Å²) in [5.74, 6) is -0.244. The average molecular weight is 257 g/mol. The molecule has 2 atom stereocenters. The van der Waals surface area contributed by atoms with E-state index in [2.05, 4.69) is 39.2 Å². The molecule has 0 radical (unpaired) electrons. The molecule has 17 heavy (non-hydrogen) atoms. The fourth-order valence-electron chi connectivity index (χ4n) is 1.66. The van der Waals surface area contributed by atoms with Crippen LogP contribution in [-0.4, -0.2) is 32.2 Å². The number of nitrogens with one attached hydrogen (secondary N) is 1. The first-order chi connectivity index (χ1) is 7.54. The molecule has 1 amide bonds. The zero-order chi connectivity index (χ0) is 13.4. The highest BCUT2D eigenvalue weighted by Crippen LogP contribution is 2.37. The smallest absolute Gasteiger partial charge is 0.228 e. The Morgan fingerprint density at radius 3 is 2.24 bits per heavy atom. The monoisotopic (exact) mass is 257 g/mol. The third-order valence-electron chi connectivity index (χ3n) is 3.75. The van der Waals surface area contributed by atoms with Gasteiger partial charge in [0.1, 0.15) is 6.04 Å². The van der Waals surface area contributed by atoms with Crippen molar-refractivity contribution in [1.82, 2.24) is 5.32 Å². The van der Waals surface area contributed by atoms with Crippen LogP contribution in [0.15, 0.2) is 0 Å². The minimum atomic E-state index is -1.89. The number of carbonyl (C=O) groups is 2. The molecule has 0 aromatic heterocycles. The molecule has 0 aromatic carbocycles. The van der Waals surface area contributed by atoms with E-state index in [0.717, 1.165) is 0 Å². The van der Waals surface area contributed by atoms with Crippen molar-refractivity contribution in [2.24, 2.45) is 0 Å². The lowest BCUT2D eigenvalue weighted by molar-refractivity contribution is -0.122. The topological polar surface area (TPSA) is 55.4 Å². The normalized spacial score (nSPS) is 23.8. The predicted molar refractivity (Wildman–Crippen MR) is 69.3 cm³/mol. The van der Waals surface area contributed by atoms with Gasteiger partial charge in [-0.2, -0.15) is 0 Å². The molecule has 1 rings (SSSR count). The molecule has 0 unspecified atom stereocenters. The van der Waals surface area contributed by atoms with E-state index in [9.17, 15) is 9.59 Å². The minimum absolute atomic E-state index is 0.00410. The molecule has 1 fully saturated rings. The second-order valence-corrected chi connectivity index (χ2v) is 11.0. The van der Waals surface area contributed by atoms with E-state index in [1.165, 1.54) is 0 Å². The van der Waals surface area contributed by atoms with Crippen molar-refractivity contribution >= 4 is 20.0 Å². The van der Waals surface area contributed by atoms with Crippen molar-refractivity contribution in [2.45, 2.75) is 64.4 Å². The molecule has 1 aliphatic rings. The van der Waals surface area contributed by atoms with Crippen molar-refractivity contribution in [3.63, 3.8) is 0 Å². The standard InChI is InChI=1S/C12H23NO3Si/c1-8(11-9(14)7-10(15)13-11)16-17(5,6)12(2,3)4/h8,11H,7H2,1-6H3,(H,13,15)/t8-,11-/m1/s1. The quantitative estimate of drug-likeness (QED) is 0.620. The largest absolute Gasteiger partial charge is 0.412 e. The van der Waals surface area contributed by atoms with E-state index >= 15 is 0 Å². The molecule has 98 valence electrons. The van der Waals surface area contributed by atoms with Crippen LogP contribution in [0.2, 0.25) is 18.1 Å². The molecule has 0 saturated carbocycles. The van der Waals surface area contributed by atoms with Crippen LogP contribution in [0.1, 0.15) is 34.1 Å². The number of ketones is 1. The molecule has 1 heterocycles. The molecule has 0 aromatic rings. The van der Waals surface area contributed by atoms with Gasteiger partial charge in [-0.3, -0.25) is 9.59 Å². The van der Waals surface area contributed by atoms with Crippen molar-refractivity contribution in [3.8, 4) is 0 Å². The lowest BCUT2D eigenvalue weighted by atomic mass is 10.1. The van der Waals surface area contributed by atoms with Crippen LogP contribution in [0, 0.1) is 0 Å². The lowest BCUT2D eigenvalue weighted by Crippen LogP contribution is -2.50. The minimum Gasteiger partial charge on any atom is -0.412 e. The van der Waals surface area contributed by atoms with Gasteiger partial charge in [-0.15, -0.1) is 0 Å². The third kappa shape index (κ3) is 3.16. The molecule has 5 heteroatoms. The fourth-order valence-corrected chi connectivity index (χ4v) is 3.08. The van der Waals surface area contributed by atoms with E-state index in [-0.39, 0.29) is 29.3 Å². The van der Waals surface area contributed by atoms with Crippen LogP contribution < -0.4 is 5.32 Å². The Bertz CT molecular complexity index is 333.